The molecule has 90 valence electrons. The monoisotopic (exact) mass is 285 g/mol. The number of hydrogen-bond donors (Lipinski definition) is 1. The van der Waals surface area contributed by atoms with Gasteiger partial charge in [-0.05, 0) is 52.6 Å². The first-order valence-electron chi connectivity index (χ1n) is 6.08. The van der Waals surface area contributed by atoms with Crippen molar-refractivity contribution >= 4 is 15.9 Å². The molecule has 1 fully saturated rings. The SMILES string of the molecule is CC1CCC(C(N)c2ccoc2Br)CC1C. The minimum absolute atomic E-state index is 0.114. The van der Waals surface area contributed by atoms with Gasteiger partial charge in [-0.1, -0.05) is 20.3 Å². The van der Waals surface area contributed by atoms with Gasteiger partial charge in [0.15, 0.2) is 4.67 Å². The van der Waals surface area contributed by atoms with Crippen LogP contribution in [-0.2, 0) is 0 Å². The highest BCUT2D eigenvalue weighted by molar-refractivity contribution is 9.10. The maximum absolute atomic E-state index is 6.33. The Morgan fingerprint density at radius 3 is 2.69 bits per heavy atom. The third-order valence-electron chi connectivity index (χ3n) is 4.15. The van der Waals surface area contributed by atoms with E-state index in [0.29, 0.717) is 5.92 Å². The first-order chi connectivity index (χ1) is 7.59. The van der Waals surface area contributed by atoms with Gasteiger partial charge in [-0.2, -0.15) is 0 Å². The smallest absolute Gasteiger partial charge is 0.173 e. The molecule has 2 N–H and O–H groups in total. The largest absolute Gasteiger partial charge is 0.457 e. The lowest BCUT2D eigenvalue weighted by Gasteiger charge is -2.35. The molecule has 2 nitrogen and oxygen atoms in total. The molecule has 0 aliphatic heterocycles. The summed E-state index contributed by atoms with van der Waals surface area (Å²) < 4.78 is 6.06. The lowest BCUT2D eigenvalue weighted by Crippen LogP contribution is -2.29. The van der Waals surface area contributed by atoms with Gasteiger partial charge in [-0.3, -0.25) is 0 Å². The molecule has 16 heavy (non-hydrogen) atoms. The topological polar surface area (TPSA) is 39.2 Å². The van der Waals surface area contributed by atoms with E-state index in [0.717, 1.165) is 22.1 Å². The van der Waals surface area contributed by atoms with Gasteiger partial charge < -0.3 is 10.2 Å². The van der Waals surface area contributed by atoms with Crippen LogP contribution in [0.15, 0.2) is 21.4 Å². The van der Waals surface area contributed by atoms with Crippen LogP contribution in [0.3, 0.4) is 0 Å². The quantitative estimate of drug-likeness (QED) is 0.888. The summed E-state index contributed by atoms with van der Waals surface area (Å²) >= 11 is 3.41. The molecule has 0 spiro atoms. The van der Waals surface area contributed by atoms with Gasteiger partial charge in [0.05, 0.1) is 6.26 Å². The molecule has 0 saturated heterocycles. The van der Waals surface area contributed by atoms with Crippen LogP contribution >= 0.6 is 15.9 Å². The average Bonchev–Trinajstić information content (AvgIpc) is 2.67. The molecule has 4 unspecified atom stereocenters. The molecule has 2 rings (SSSR count). The minimum Gasteiger partial charge on any atom is -0.457 e. The minimum atomic E-state index is 0.114. The van der Waals surface area contributed by atoms with Crippen molar-refractivity contribution in [3.05, 3.63) is 22.6 Å². The molecular weight excluding hydrogens is 266 g/mol. The van der Waals surface area contributed by atoms with Gasteiger partial charge in [0.2, 0.25) is 0 Å². The molecule has 1 aliphatic rings. The van der Waals surface area contributed by atoms with Crippen molar-refractivity contribution in [2.45, 2.75) is 39.2 Å². The summed E-state index contributed by atoms with van der Waals surface area (Å²) in [5.74, 6) is 2.23. The predicted octanol–water partition coefficient (Wildman–Crippen LogP) is 4.11. The van der Waals surface area contributed by atoms with Crippen molar-refractivity contribution in [1.82, 2.24) is 0 Å². The van der Waals surface area contributed by atoms with Crippen molar-refractivity contribution in [2.75, 3.05) is 0 Å². The van der Waals surface area contributed by atoms with E-state index >= 15 is 0 Å². The third-order valence-corrected chi connectivity index (χ3v) is 4.80. The Bertz CT molecular complexity index is 349. The van der Waals surface area contributed by atoms with Crippen LogP contribution in [0.5, 0.6) is 0 Å². The molecule has 0 bridgehead atoms. The third kappa shape index (κ3) is 2.35. The Kier molecular flexibility index (Phi) is 3.75. The Morgan fingerprint density at radius 2 is 2.12 bits per heavy atom. The molecule has 4 atom stereocenters. The summed E-state index contributed by atoms with van der Waals surface area (Å²) in [5, 5.41) is 0. The highest BCUT2D eigenvalue weighted by Gasteiger charge is 2.30. The number of rotatable bonds is 2. The summed E-state index contributed by atoms with van der Waals surface area (Å²) in [6.45, 7) is 4.69. The summed E-state index contributed by atoms with van der Waals surface area (Å²) in [6.07, 6.45) is 5.48. The fraction of sp³-hybridized carbons (Fsp3) is 0.692. The highest BCUT2D eigenvalue weighted by atomic mass is 79.9. The molecule has 3 heteroatoms. The molecule has 0 radical (unpaired) electrons. The second-order valence-electron chi connectivity index (χ2n) is 5.20. The lowest BCUT2D eigenvalue weighted by atomic mass is 9.72. The Labute approximate surface area is 106 Å². The van der Waals surface area contributed by atoms with E-state index in [9.17, 15) is 0 Å². The second kappa shape index (κ2) is 4.92. The van der Waals surface area contributed by atoms with Gasteiger partial charge >= 0.3 is 0 Å². The molecular formula is C13H20BrNO. The maximum Gasteiger partial charge on any atom is 0.173 e. The predicted molar refractivity (Wildman–Crippen MR) is 69.0 cm³/mol. The Balaban J connectivity index is 2.06. The van der Waals surface area contributed by atoms with Crippen molar-refractivity contribution in [2.24, 2.45) is 23.5 Å². The van der Waals surface area contributed by atoms with Gasteiger partial charge in [0.1, 0.15) is 0 Å². The van der Waals surface area contributed by atoms with Crippen molar-refractivity contribution in [3.8, 4) is 0 Å². The van der Waals surface area contributed by atoms with Crippen LogP contribution in [0.1, 0.15) is 44.7 Å². The van der Waals surface area contributed by atoms with Gasteiger partial charge in [-0.15, -0.1) is 0 Å². The van der Waals surface area contributed by atoms with E-state index < -0.39 is 0 Å². The number of nitrogens with two attached hydrogens (primary N) is 1. The van der Waals surface area contributed by atoms with Crippen molar-refractivity contribution in [3.63, 3.8) is 0 Å². The van der Waals surface area contributed by atoms with E-state index in [4.69, 9.17) is 10.2 Å². The Morgan fingerprint density at radius 1 is 1.38 bits per heavy atom. The van der Waals surface area contributed by atoms with Crippen LogP contribution in [0.25, 0.3) is 0 Å². The van der Waals surface area contributed by atoms with Gasteiger partial charge in [0, 0.05) is 11.6 Å². The van der Waals surface area contributed by atoms with Crippen LogP contribution in [0, 0.1) is 17.8 Å². The van der Waals surface area contributed by atoms with E-state index in [2.05, 4.69) is 29.8 Å². The number of halogens is 1. The first-order valence-corrected chi connectivity index (χ1v) is 6.87. The van der Waals surface area contributed by atoms with Gasteiger partial charge in [0.25, 0.3) is 0 Å². The van der Waals surface area contributed by atoms with Crippen LogP contribution in [0.2, 0.25) is 0 Å². The summed E-state index contributed by atoms with van der Waals surface area (Å²) in [7, 11) is 0. The first kappa shape index (κ1) is 12.2. The fourth-order valence-corrected chi connectivity index (χ4v) is 3.22. The molecule has 1 aliphatic carbocycles. The normalized spacial score (nSPS) is 32.6. The molecule has 1 heterocycles. The molecule has 1 aromatic rings. The summed E-state index contributed by atoms with van der Waals surface area (Å²) in [4.78, 5) is 0. The second-order valence-corrected chi connectivity index (χ2v) is 5.92. The van der Waals surface area contributed by atoms with Crippen molar-refractivity contribution in [1.29, 1.82) is 0 Å². The van der Waals surface area contributed by atoms with E-state index in [1.165, 1.54) is 19.3 Å². The lowest BCUT2D eigenvalue weighted by molar-refractivity contribution is 0.185. The highest BCUT2D eigenvalue weighted by Crippen LogP contribution is 2.40. The van der Waals surface area contributed by atoms with Gasteiger partial charge in [-0.25, -0.2) is 0 Å². The molecule has 1 aromatic heterocycles. The van der Waals surface area contributed by atoms with E-state index in [1.807, 2.05) is 6.07 Å². The van der Waals surface area contributed by atoms with Crippen molar-refractivity contribution < 1.29 is 4.42 Å². The molecule has 0 aromatic carbocycles. The number of hydrogen-bond acceptors (Lipinski definition) is 2. The van der Waals surface area contributed by atoms with E-state index in [1.54, 1.807) is 6.26 Å². The summed E-state index contributed by atoms with van der Waals surface area (Å²) in [6, 6.07) is 2.10. The molecule has 0 amide bonds. The van der Waals surface area contributed by atoms with Crippen LogP contribution < -0.4 is 5.73 Å². The Hall–Kier alpha value is -0.280. The standard InChI is InChI=1S/C13H20BrNO/c1-8-3-4-10(7-9(8)2)12(15)11-5-6-16-13(11)14/h5-6,8-10,12H,3-4,7,15H2,1-2H3. The summed E-state index contributed by atoms with van der Waals surface area (Å²) in [5.41, 5.74) is 7.45. The molecule has 1 saturated carbocycles. The maximum atomic E-state index is 6.33. The average molecular weight is 286 g/mol. The zero-order valence-corrected chi connectivity index (χ0v) is 11.5. The zero-order chi connectivity index (χ0) is 11.7. The van der Waals surface area contributed by atoms with Crippen LogP contribution in [-0.4, -0.2) is 0 Å². The van der Waals surface area contributed by atoms with E-state index in [-0.39, 0.29) is 6.04 Å². The van der Waals surface area contributed by atoms with Crippen LogP contribution in [0.4, 0.5) is 0 Å². The fourth-order valence-electron chi connectivity index (χ4n) is 2.71. The zero-order valence-electron chi connectivity index (χ0n) is 9.95. The number of furan rings is 1.